The zero-order valence-electron chi connectivity index (χ0n) is 28.9. The third-order valence-electron chi connectivity index (χ3n) is 10.2. The van der Waals surface area contributed by atoms with Gasteiger partial charge in [-0.3, -0.25) is 4.99 Å². The molecule has 0 fully saturated rings. The van der Waals surface area contributed by atoms with Crippen molar-refractivity contribution in [2.75, 3.05) is 0 Å². The first-order valence-electron chi connectivity index (χ1n) is 17.6. The highest BCUT2D eigenvalue weighted by Crippen LogP contribution is 2.38. The number of hydrogen-bond donors (Lipinski definition) is 0. The van der Waals surface area contributed by atoms with Gasteiger partial charge in [-0.2, -0.15) is 0 Å². The molecule has 2 aromatic heterocycles. The van der Waals surface area contributed by atoms with E-state index >= 15 is 0 Å². The van der Waals surface area contributed by atoms with Crippen LogP contribution in [0, 0.1) is 0 Å². The molecule has 5 heteroatoms. The van der Waals surface area contributed by atoms with Crippen LogP contribution in [0.1, 0.15) is 35.6 Å². The van der Waals surface area contributed by atoms with Crippen LogP contribution in [0.15, 0.2) is 183 Å². The normalized spacial score (nSPS) is 16.4. The second kappa shape index (κ2) is 12.9. The van der Waals surface area contributed by atoms with Gasteiger partial charge < -0.3 is 8.98 Å². The van der Waals surface area contributed by atoms with E-state index in [0.717, 1.165) is 61.8 Å². The zero-order chi connectivity index (χ0) is 35.1. The number of para-hydroxylation sites is 3. The lowest BCUT2D eigenvalue weighted by Crippen LogP contribution is -2.19. The summed E-state index contributed by atoms with van der Waals surface area (Å²) in [5.41, 5.74) is 9.03. The fourth-order valence-corrected chi connectivity index (χ4v) is 7.46. The summed E-state index contributed by atoms with van der Waals surface area (Å²) in [5, 5.41) is 4.59. The summed E-state index contributed by atoms with van der Waals surface area (Å²) in [6.45, 7) is 6.52. The van der Waals surface area contributed by atoms with Gasteiger partial charge in [-0.05, 0) is 48.5 Å². The van der Waals surface area contributed by atoms with Crippen LogP contribution in [0.25, 0.3) is 49.4 Å². The Balaban J connectivity index is 1.11. The smallest absolute Gasteiger partial charge is 0.161 e. The van der Waals surface area contributed by atoms with Gasteiger partial charge in [0, 0.05) is 38.1 Å². The predicted octanol–water partition coefficient (Wildman–Crippen LogP) is 11.6. The first kappa shape index (κ1) is 31.4. The molecule has 1 atom stereocenters. The average Bonchev–Trinajstić information content (AvgIpc) is 3.74. The number of amidine groups is 2. The summed E-state index contributed by atoms with van der Waals surface area (Å²) in [6.07, 6.45) is 9.68. The van der Waals surface area contributed by atoms with E-state index in [4.69, 9.17) is 14.4 Å². The van der Waals surface area contributed by atoms with E-state index < -0.39 is 0 Å². The Labute approximate surface area is 302 Å². The van der Waals surface area contributed by atoms with E-state index in [1.54, 1.807) is 0 Å². The molecule has 0 N–H and O–H groups in total. The van der Waals surface area contributed by atoms with Crippen LogP contribution in [-0.4, -0.2) is 23.0 Å². The molecule has 1 unspecified atom stereocenters. The quantitative estimate of drug-likeness (QED) is 0.128. The Morgan fingerprint density at radius 1 is 0.692 bits per heavy atom. The predicted molar refractivity (Wildman–Crippen MR) is 218 cm³/mol. The molecule has 250 valence electrons. The first-order valence-corrected chi connectivity index (χ1v) is 17.6. The fraction of sp³-hybridized carbons (Fsp3) is 0.0851. The summed E-state index contributed by atoms with van der Waals surface area (Å²) in [5.74, 6) is 1.13. The Morgan fingerprint density at radius 2 is 1.38 bits per heavy atom. The van der Waals surface area contributed by atoms with Gasteiger partial charge in [-0.15, -0.1) is 0 Å². The molecule has 0 bridgehead atoms. The number of aliphatic imine (C=N–C) groups is 3. The Kier molecular flexibility index (Phi) is 7.81. The number of nitrogens with zero attached hydrogens (tertiary/aromatic N) is 4. The number of fused-ring (bicyclic) bond motifs is 6. The molecular formula is C47H36N4O. The molecule has 8 aromatic rings. The minimum absolute atomic E-state index is 0.0465. The van der Waals surface area contributed by atoms with Crippen molar-refractivity contribution in [2.45, 2.75) is 25.3 Å². The van der Waals surface area contributed by atoms with Crippen molar-refractivity contribution in [3.8, 4) is 5.69 Å². The van der Waals surface area contributed by atoms with Gasteiger partial charge in [0.05, 0.1) is 23.3 Å². The number of aromatic nitrogens is 1. The molecule has 6 aromatic carbocycles. The number of furan rings is 1. The van der Waals surface area contributed by atoms with Crippen LogP contribution >= 0.6 is 0 Å². The van der Waals surface area contributed by atoms with Crippen molar-refractivity contribution in [1.82, 2.24) is 4.57 Å². The van der Waals surface area contributed by atoms with Gasteiger partial charge in [0.15, 0.2) is 17.3 Å². The van der Waals surface area contributed by atoms with E-state index in [0.29, 0.717) is 18.2 Å². The highest BCUT2D eigenvalue weighted by molar-refractivity contribution is 6.14. The molecular weight excluding hydrogens is 637 g/mol. The number of hydrogen-bond acceptors (Lipinski definition) is 2. The second-order valence-corrected chi connectivity index (χ2v) is 13.5. The summed E-state index contributed by atoms with van der Waals surface area (Å²) in [6, 6.07) is 48.4. The molecule has 5 nitrogen and oxygen atoms in total. The molecule has 0 radical (unpaired) electrons. The van der Waals surface area contributed by atoms with Crippen LogP contribution in [0.3, 0.4) is 0 Å². The lowest BCUT2D eigenvalue weighted by atomic mass is 9.77. The standard InChI is InChI=1S/C47H36N4O/c1-47(28-11-4-12-29-47)35-25-23-34(24-26-35)46(50-45(48-2)33-14-5-3-6-15-33)49-31-32-22-27-38-39-18-13-21-42(44(39)52-43(38)30-32)51-40-19-9-7-16-36(40)37-17-8-10-20-41(37)51/h3-28,30H,2,29,31H2,1H3. The molecule has 0 spiro atoms. The van der Waals surface area contributed by atoms with E-state index in [2.05, 4.69) is 157 Å². The third-order valence-corrected chi connectivity index (χ3v) is 10.2. The fourth-order valence-electron chi connectivity index (χ4n) is 7.46. The minimum Gasteiger partial charge on any atom is -0.454 e. The largest absolute Gasteiger partial charge is 0.454 e. The minimum atomic E-state index is -0.0465. The lowest BCUT2D eigenvalue weighted by Gasteiger charge is -2.27. The van der Waals surface area contributed by atoms with Crippen molar-refractivity contribution < 1.29 is 4.42 Å². The van der Waals surface area contributed by atoms with Crippen molar-refractivity contribution in [3.63, 3.8) is 0 Å². The molecule has 1 aliphatic rings. The number of rotatable bonds is 6. The van der Waals surface area contributed by atoms with E-state index in [-0.39, 0.29) is 5.41 Å². The van der Waals surface area contributed by atoms with Gasteiger partial charge in [-0.1, -0.05) is 146 Å². The Morgan fingerprint density at radius 3 is 2.10 bits per heavy atom. The lowest BCUT2D eigenvalue weighted by molar-refractivity contribution is 0.600. The van der Waals surface area contributed by atoms with Crippen LogP contribution in [0.5, 0.6) is 0 Å². The maximum Gasteiger partial charge on any atom is 0.161 e. The second-order valence-electron chi connectivity index (χ2n) is 13.5. The highest BCUT2D eigenvalue weighted by atomic mass is 16.3. The molecule has 52 heavy (non-hydrogen) atoms. The van der Waals surface area contributed by atoms with Crippen LogP contribution in [0.2, 0.25) is 0 Å². The van der Waals surface area contributed by atoms with Gasteiger partial charge in [0.1, 0.15) is 5.58 Å². The first-order chi connectivity index (χ1) is 25.6. The summed E-state index contributed by atoms with van der Waals surface area (Å²) >= 11 is 0. The SMILES string of the molecule is C=NC(=NC(=NCc1ccc2c(c1)oc1c(-n3c4ccccc4c4ccccc43)cccc12)c1ccc(C2(C)C=CC=CC2)cc1)c1ccccc1. The van der Waals surface area contributed by atoms with Crippen molar-refractivity contribution in [1.29, 1.82) is 0 Å². The Bertz CT molecular complexity index is 2710. The van der Waals surface area contributed by atoms with E-state index in [1.165, 1.54) is 16.3 Å². The maximum absolute atomic E-state index is 6.73. The van der Waals surface area contributed by atoms with Crippen LogP contribution < -0.4 is 0 Å². The summed E-state index contributed by atoms with van der Waals surface area (Å²) in [4.78, 5) is 14.4. The topological polar surface area (TPSA) is 55.1 Å². The molecule has 0 saturated heterocycles. The van der Waals surface area contributed by atoms with E-state index in [1.807, 2.05) is 30.3 Å². The zero-order valence-corrected chi connectivity index (χ0v) is 28.9. The monoisotopic (exact) mass is 672 g/mol. The van der Waals surface area contributed by atoms with Crippen molar-refractivity contribution >= 4 is 62.1 Å². The van der Waals surface area contributed by atoms with Crippen LogP contribution in [-0.2, 0) is 12.0 Å². The van der Waals surface area contributed by atoms with Gasteiger partial charge in [0.2, 0.25) is 0 Å². The molecule has 2 heterocycles. The summed E-state index contributed by atoms with van der Waals surface area (Å²) in [7, 11) is 0. The maximum atomic E-state index is 6.73. The molecule has 0 saturated carbocycles. The Hall–Kier alpha value is -6.59. The summed E-state index contributed by atoms with van der Waals surface area (Å²) < 4.78 is 9.04. The molecule has 0 aliphatic heterocycles. The highest BCUT2D eigenvalue weighted by Gasteiger charge is 2.23. The van der Waals surface area contributed by atoms with Crippen molar-refractivity contribution in [2.24, 2.45) is 15.0 Å². The number of allylic oxidation sites excluding steroid dienone is 4. The van der Waals surface area contributed by atoms with Crippen LogP contribution in [0.4, 0.5) is 0 Å². The average molecular weight is 673 g/mol. The molecule has 1 aliphatic carbocycles. The third kappa shape index (κ3) is 5.48. The van der Waals surface area contributed by atoms with Crippen molar-refractivity contribution in [3.05, 3.63) is 186 Å². The molecule has 0 amide bonds. The van der Waals surface area contributed by atoms with Gasteiger partial charge in [0.25, 0.3) is 0 Å². The van der Waals surface area contributed by atoms with Gasteiger partial charge >= 0.3 is 0 Å². The molecule has 9 rings (SSSR count). The number of benzene rings is 6. The van der Waals surface area contributed by atoms with E-state index in [9.17, 15) is 0 Å². The van der Waals surface area contributed by atoms with Gasteiger partial charge in [-0.25, -0.2) is 9.98 Å².